The molecule has 1 saturated heterocycles. The minimum atomic E-state index is 0.375. The van der Waals surface area contributed by atoms with Gasteiger partial charge in [-0.3, -0.25) is 9.28 Å². The summed E-state index contributed by atoms with van der Waals surface area (Å²) in [7, 11) is 0. The van der Waals surface area contributed by atoms with E-state index in [-0.39, 0.29) is 0 Å². The van der Waals surface area contributed by atoms with Crippen LogP contribution in [0.15, 0.2) is 12.3 Å². The monoisotopic (exact) mass is 349 g/mol. The summed E-state index contributed by atoms with van der Waals surface area (Å²) in [4.78, 5) is 13.9. The van der Waals surface area contributed by atoms with E-state index in [1.54, 1.807) is 0 Å². The minimum absolute atomic E-state index is 0.375. The van der Waals surface area contributed by atoms with E-state index in [4.69, 9.17) is 0 Å². The second kappa shape index (κ2) is 11.7. The van der Waals surface area contributed by atoms with Crippen LogP contribution in [0.5, 0.6) is 0 Å². The molecule has 0 aromatic carbocycles. The molecule has 1 unspecified atom stereocenters. The molecule has 3 heteroatoms. The van der Waals surface area contributed by atoms with Crippen LogP contribution >= 0.6 is 0 Å². The van der Waals surface area contributed by atoms with E-state index in [1.807, 2.05) is 0 Å². The molecule has 144 valence electrons. The van der Waals surface area contributed by atoms with Crippen molar-refractivity contribution in [2.75, 3.05) is 32.7 Å². The maximum absolute atomic E-state index is 11.8. The Kier molecular flexibility index (Phi) is 9.60. The summed E-state index contributed by atoms with van der Waals surface area (Å²) in [5, 5.41) is 0. The molecule has 2 aliphatic heterocycles. The summed E-state index contributed by atoms with van der Waals surface area (Å²) in [6, 6.07) is 0. The van der Waals surface area contributed by atoms with Crippen LogP contribution < -0.4 is 0 Å². The highest BCUT2D eigenvalue weighted by atomic mass is 16.2. The maximum atomic E-state index is 11.8. The second-order valence-electron chi connectivity index (χ2n) is 8.23. The lowest BCUT2D eigenvalue weighted by Gasteiger charge is -2.33. The molecule has 0 aromatic rings. The zero-order valence-corrected chi connectivity index (χ0v) is 16.7. The van der Waals surface area contributed by atoms with E-state index < -0.39 is 0 Å². The summed E-state index contributed by atoms with van der Waals surface area (Å²) >= 11 is 0. The Morgan fingerprint density at radius 3 is 2.20 bits per heavy atom. The van der Waals surface area contributed by atoms with Crippen LogP contribution in [0.4, 0.5) is 0 Å². The van der Waals surface area contributed by atoms with E-state index in [1.165, 1.54) is 83.7 Å². The van der Waals surface area contributed by atoms with Gasteiger partial charge in [0.1, 0.15) is 6.54 Å². The molecular weight excluding hydrogens is 308 g/mol. The van der Waals surface area contributed by atoms with Crippen LogP contribution in [0.3, 0.4) is 0 Å². The molecule has 0 aromatic heterocycles. The molecule has 2 aliphatic rings. The fourth-order valence-electron chi connectivity index (χ4n) is 4.36. The fourth-order valence-corrected chi connectivity index (χ4v) is 4.36. The summed E-state index contributed by atoms with van der Waals surface area (Å²) in [5.74, 6) is 0.375. The number of unbranched alkanes of at least 4 members (excludes halogenated alkanes) is 9. The first-order chi connectivity index (χ1) is 12.3. The Labute approximate surface area is 156 Å². The average Bonchev–Trinajstić information content (AvgIpc) is 3.24. The molecule has 0 radical (unpaired) electrons. The highest BCUT2D eigenvalue weighted by Crippen LogP contribution is 2.21. The van der Waals surface area contributed by atoms with Crippen molar-refractivity contribution >= 4 is 5.91 Å². The van der Waals surface area contributed by atoms with Gasteiger partial charge in [0, 0.05) is 19.4 Å². The first-order valence-electron chi connectivity index (χ1n) is 11.1. The SMILES string of the molecule is CCCCCCCCCCCC[N+]1(CCN2CCCC2=O)C=CCC1. The second-order valence-corrected chi connectivity index (χ2v) is 8.23. The molecule has 25 heavy (non-hydrogen) atoms. The van der Waals surface area contributed by atoms with Crippen molar-refractivity contribution in [2.24, 2.45) is 0 Å². The van der Waals surface area contributed by atoms with E-state index in [9.17, 15) is 4.79 Å². The number of hydrogen-bond donors (Lipinski definition) is 0. The zero-order chi connectivity index (χ0) is 17.8. The number of quaternary nitrogens is 1. The maximum Gasteiger partial charge on any atom is 0.222 e. The third-order valence-corrected chi connectivity index (χ3v) is 6.11. The lowest BCUT2D eigenvalue weighted by atomic mass is 10.1. The Bertz CT molecular complexity index is 407. The van der Waals surface area contributed by atoms with Crippen LogP contribution in [0.2, 0.25) is 0 Å². The van der Waals surface area contributed by atoms with Gasteiger partial charge in [0.25, 0.3) is 0 Å². The van der Waals surface area contributed by atoms with Gasteiger partial charge < -0.3 is 4.90 Å². The molecule has 0 aliphatic carbocycles. The number of hydrogen-bond acceptors (Lipinski definition) is 1. The predicted octanol–water partition coefficient (Wildman–Crippen LogP) is 5.26. The van der Waals surface area contributed by atoms with E-state index in [0.717, 1.165) is 37.0 Å². The normalized spacial score (nSPS) is 23.1. The summed E-state index contributed by atoms with van der Waals surface area (Å²) in [6.07, 6.45) is 21.9. The van der Waals surface area contributed by atoms with Crippen molar-refractivity contribution < 1.29 is 9.28 Å². The van der Waals surface area contributed by atoms with Gasteiger partial charge in [-0.15, -0.1) is 0 Å². The number of carbonyl (C=O) groups excluding carboxylic acids is 1. The van der Waals surface area contributed by atoms with Crippen LogP contribution in [0.1, 0.15) is 90.4 Å². The molecule has 1 amide bonds. The quantitative estimate of drug-likeness (QED) is 0.309. The molecule has 2 heterocycles. The summed E-state index contributed by atoms with van der Waals surface area (Å²) in [6.45, 7) is 7.88. The van der Waals surface area contributed by atoms with Crippen molar-refractivity contribution in [1.82, 2.24) is 4.90 Å². The molecule has 0 bridgehead atoms. The number of amides is 1. The van der Waals surface area contributed by atoms with Crippen LogP contribution in [-0.4, -0.2) is 48.0 Å². The van der Waals surface area contributed by atoms with Gasteiger partial charge in [-0.2, -0.15) is 0 Å². The Hall–Kier alpha value is -0.830. The number of likely N-dealkylation sites (tertiary alicyclic amines) is 1. The highest BCUT2D eigenvalue weighted by Gasteiger charge is 2.30. The number of carbonyl (C=O) groups is 1. The molecule has 0 N–H and O–H groups in total. The average molecular weight is 350 g/mol. The molecule has 1 fully saturated rings. The van der Waals surface area contributed by atoms with Gasteiger partial charge in [0.05, 0.1) is 25.8 Å². The minimum Gasteiger partial charge on any atom is -0.337 e. The lowest BCUT2D eigenvalue weighted by molar-refractivity contribution is -0.873. The third kappa shape index (κ3) is 7.52. The van der Waals surface area contributed by atoms with Crippen molar-refractivity contribution in [1.29, 1.82) is 0 Å². The lowest BCUT2D eigenvalue weighted by Crippen LogP contribution is -2.47. The van der Waals surface area contributed by atoms with Gasteiger partial charge in [-0.25, -0.2) is 0 Å². The Balaban J connectivity index is 1.54. The standard InChI is InChI=1S/C22H41N2O/c1-2-3-4-5-6-7-8-9-10-11-18-24(19-12-13-20-24)21-17-23-16-14-15-22(23)25/h12,19H,2-11,13-18,20-21H2,1H3/q+1. The van der Waals surface area contributed by atoms with Crippen molar-refractivity contribution in [3.63, 3.8) is 0 Å². The van der Waals surface area contributed by atoms with Crippen LogP contribution in [0, 0.1) is 0 Å². The highest BCUT2D eigenvalue weighted by molar-refractivity contribution is 5.78. The number of nitrogens with zero attached hydrogens (tertiary/aromatic N) is 2. The van der Waals surface area contributed by atoms with Crippen molar-refractivity contribution in [3.05, 3.63) is 12.3 Å². The molecule has 0 spiro atoms. The zero-order valence-electron chi connectivity index (χ0n) is 16.7. The van der Waals surface area contributed by atoms with Crippen molar-refractivity contribution in [2.45, 2.75) is 90.4 Å². The van der Waals surface area contributed by atoms with Gasteiger partial charge in [-0.05, 0) is 25.3 Å². The van der Waals surface area contributed by atoms with Crippen LogP contribution in [0.25, 0.3) is 0 Å². The van der Waals surface area contributed by atoms with Gasteiger partial charge in [-0.1, -0.05) is 58.3 Å². The van der Waals surface area contributed by atoms with E-state index >= 15 is 0 Å². The first-order valence-corrected chi connectivity index (χ1v) is 11.1. The first kappa shape index (κ1) is 20.5. The largest absolute Gasteiger partial charge is 0.337 e. The van der Waals surface area contributed by atoms with Gasteiger partial charge >= 0.3 is 0 Å². The fraction of sp³-hybridized carbons (Fsp3) is 0.864. The predicted molar refractivity (Wildman–Crippen MR) is 106 cm³/mol. The smallest absolute Gasteiger partial charge is 0.222 e. The van der Waals surface area contributed by atoms with Gasteiger partial charge in [0.2, 0.25) is 5.91 Å². The van der Waals surface area contributed by atoms with Crippen molar-refractivity contribution in [3.8, 4) is 0 Å². The topological polar surface area (TPSA) is 20.3 Å². The molecule has 3 nitrogen and oxygen atoms in total. The van der Waals surface area contributed by atoms with Crippen LogP contribution in [-0.2, 0) is 4.79 Å². The molecule has 2 rings (SSSR count). The van der Waals surface area contributed by atoms with E-state index in [0.29, 0.717) is 5.91 Å². The van der Waals surface area contributed by atoms with Gasteiger partial charge in [0.15, 0.2) is 0 Å². The Morgan fingerprint density at radius 2 is 1.64 bits per heavy atom. The molecular formula is C22H41N2O+. The van der Waals surface area contributed by atoms with E-state index in [2.05, 4.69) is 24.1 Å². The number of rotatable bonds is 14. The Morgan fingerprint density at radius 1 is 0.960 bits per heavy atom. The third-order valence-electron chi connectivity index (χ3n) is 6.11. The summed E-state index contributed by atoms with van der Waals surface area (Å²) in [5.41, 5.74) is 0. The summed E-state index contributed by atoms with van der Waals surface area (Å²) < 4.78 is 1.13. The molecule has 1 atom stereocenters. The molecule has 0 saturated carbocycles.